The summed E-state index contributed by atoms with van der Waals surface area (Å²) in [6.45, 7) is 2.29. The number of hydrogen-bond donors (Lipinski definition) is 3. The first kappa shape index (κ1) is 13.5. The molecule has 0 saturated carbocycles. The van der Waals surface area contributed by atoms with Gasteiger partial charge in [0.2, 0.25) is 0 Å². The highest BCUT2D eigenvalue weighted by atomic mass is 79.9. The minimum atomic E-state index is -0.239. The summed E-state index contributed by atoms with van der Waals surface area (Å²) < 4.78 is 1.10. The standard InChI is InChI=1S/C10H15BrN2O2S/c1-7(6-14)13-10(15)12-5-4-8-2-3-9(11)16-8/h2-3,7,14H,4-6H2,1H3,(H2,12,13,15). The quantitative estimate of drug-likeness (QED) is 0.776. The van der Waals surface area contributed by atoms with Gasteiger partial charge in [-0.25, -0.2) is 4.79 Å². The molecule has 0 aliphatic carbocycles. The van der Waals surface area contributed by atoms with Crippen LogP contribution in [0.25, 0.3) is 0 Å². The third-order valence-corrected chi connectivity index (χ3v) is 3.62. The number of aliphatic hydroxyl groups excluding tert-OH is 1. The average molecular weight is 307 g/mol. The second-order valence-electron chi connectivity index (χ2n) is 3.44. The lowest BCUT2D eigenvalue weighted by Gasteiger charge is -2.11. The van der Waals surface area contributed by atoms with Crippen LogP contribution in [-0.2, 0) is 6.42 Å². The summed E-state index contributed by atoms with van der Waals surface area (Å²) in [5, 5.41) is 14.1. The van der Waals surface area contributed by atoms with Crippen LogP contribution in [0.1, 0.15) is 11.8 Å². The molecule has 0 fully saturated rings. The fraction of sp³-hybridized carbons (Fsp3) is 0.500. The fourth-order valence-corrected chi connectivity index (χ4v) is 2.59. The molecule has 0 bridgehead atoms. The van der Waals surface area contributed by atoms with Crippen molar-refractivity contribution in [1.82, 2.24) is 10.6 Å². The van der Waals surface area contributed by atoms with Crippen LogP contribution in [0.5, 0.6) is 0 Å². The molecule has 1 aromatic rings. The number of carbonyl (C=O) groups is 1. The summed E-state index contributed by atoms with van der Waals surface area (Å²) >= 11 is 5.05. The Morgan fingerprint density at radius 3 is 2.94 bits per heavy atom. The van der Waals surface area contributed by atoms with Crippen molar-refractivity contribution in [3.8, 4) is 0 Å². The van der Waals surface area contributed by atoms with Gasteiger partial charge < -0.3 is 15.7 Å². The van der Waals surface area contributed by atoms with Gasteiger partial charge in [-0.3, -0.25) is 0 Å². The van der Waals surface area contributed by atoms with Crippen molar-refractivity contribution in [2.75, 3.05) is 13.2 Å². The van der Waals surface area contributed by atoms with Gasteiger partial charge in [0.15, 0.2) is 0 Å². The lowest BCUT2D eigenvalue weighted by atomic mass is 10.3. The number of aliphatic hydroxyl groups is 1. The second kappa shape index (κ2) is 6.88. The molecule has 0 radical (unpaired) electrons. The third kappa shape index (κ3) is 4.96. The van der Waals surface area contributed by atoms with Crippen LogP contribution >= 0.6 is 27.3 Å². The van der Waals surface area contributed by atoms with Crippen molar-refractivity contribution in [3.05, 3.63) is 20.8 Å². The maximum atomic E-state index is 11.3. The summed E-state index contributed by atoms with van der Waals surface area (Å²) in [5.41, 5.74) is 0. The Hall–Kier alpha value is -0.590. The monoisotopic (exact) mass is 306 g/mol. The first-order chi connectivity index (χ1) is 7.61. The lowest BCUT2D eigenvalue weighted by Crippen LogP contribution is -2.42. The van der Waals surface area contributed by atoms with Gasteiger partial charge in [0.05, 0.1) is 16.4 Å². The van der Waals surface area contributed by atoms with Crippen molar-refractivity contribution in [2.24, 2.45) is 0 Å². The first-order valence-electron chi connectivity index (χ1n) is 5.01. The molecule has 16 heavy (non-hydrogen) atoms. The Morgan fingerprint density at radius 1 is 1.62 bits per heavy atom. The predicted molar refractivity (Wildman–Crippen MR) is 68.8 cm³/mol. The van der Waals surface area contributed by atoms with Gasteiger partial charge in [0.1, 0.15) is 0 Å². The van der Waals surface area contributed by atoms with Crippen LogP contribution < -0.4 is 10.6 Å². The lowest BCUT2D eigenvalue weighted by molar-refractivity contribution is 0.220. The first-order valence-corrected chi connectivity index (χ1v) is 6.62. The molecule has 90 valence electrons. The van der Waals surface area contributed by atoms with Gasteiger partial charge in [-0.2, -0.15) is 0 Å². The second-order valence-corrected chi connectivity index (χ2v) is 5.99. The number of hydrogen-bond acceptors (Lipinski definition) is 3. The molecular formula is C10H15BrN2O2S. The SMILES string of the molecule is CC(CO)NC(=O)NCCc1ccc(Br)s1. The molecule has 1 aromatic heterocycles. The zero-order valence-electron chi connectivity index (χ0n) is 9.00. The molecule has 0 aliphatic rings. The third-order valence-electron chi connectivity index (χ3n) is 1.94. The smallest absolute Gasteiger partial charge is 0.315 e. The highest BCUT2D eigenvalue weighted by molar-refractivity contribution is 9.11. The van der Waals surface area contributed by atoms with E-state index >= 15 is 0 Å². The predicted octanol–water partition coefficient (Wildman–Crippen LogP) is 1.73. The molecule has 2 amide bonds. The molecule has 0 aliphatic heterocycles. The van der Waals surface area contributed by atoms with Crippen molar-refractivity contribution < 1.29 is 9.90 Å². The largest absolute Gasteiger partial charge is 0.394 e. The molecule has 4 nitrogen and oxygen atoms in total. The molecule has 1 unspecified atom stereocenters. The molecule has 1 rings (SSSR count). The molecule has 0 aromatic carbocycles. The molecule has 6 heteroatoms. The van der Waals surface area contributed by atoms with E-state index in [1.165, 1.54) is 4.88 Å². The Kier molecular flexibility index (Phi) is 5.79. The van der Waals surface area contributed by atoms with E-state index in [0.717, 1.165) is 10.2 Å². The Balaban J connectivity index is 2.18. The van der Waals surface area contributed by atoms with Crippen LogP contribution in [0.4, 0.5) is 4.79 Å². The summed E-state index contributed by atoms with van der Waals surface area (Å²) in [5.74, 6) is 0. The van der Waals surface area contributed by atoms with Gasteiger partial charge in [0.25, 0.3) is 0 Å². The van der Waals surface area contributed by atoms with Crippen molar-refractivity contribution in [3.63, 3.8) is 0 Å². The Morgan fingerprint density at radius 2 is 2.38 bits per heavy atom. The zero-order valence-corrected chi connectivity index (χ0v) is 11.4. The van der Waals surface area contributed by atoms with Crippen molar-refractivity contribution >= 4 is 33.3 Å². The average Bonchev–Trinajstić information content (AvgIpc) is 2.64. The van der Waals surface area contributed by atoms with Crippen LogP contribution in [0.15, 0.2) is 15.9 Å². The molecule has 0 spiro atoms. The van der Waals surface area contributed by atoms with Gasteiger partial charge in [-0.15, -0.1) is 11.3 Å². The molecule has 1 heterocycles. The number of nitrogens with one attached hydrogen (secondary N) is 2. The normalized spacial score (nSPS) is 12.2. The number of amides is 2. The van der Waals surface area contributed by atoms with E-state index in [1.807, 2.05) is 12.1 Å². The van der Waals surface area contributed by atoms with Gasteiger partial charge in [-0.05, 0) is 41.4 Å². The maximum Gasteiger partial charge on any atom is 0.315 e. The number of carbonyl (C=O) groups excluding carboxylic acids is 1. The van der Waals surface area contributed by atoms with Crippen molar-refractivity contribution in [2.45, 2.75) is 19.4 Å². The molecular weight excluding hydrogens is 292 g/mol. The van der Waals surface area contributed by atoms with Crippen LogP contribution in [0.3, 0.4) is 0 Å². The van der Waals surface area contributed by atoms with E-state index in [9.17, 15) is 4.79 Å². The molecule has 0 saturated heterocycles. The van der Waals surface area contributed by atoms with Gasteiger partial charge in [0, 0.05) is 11.4 Å². The fourth-order valence-electron chi connectivity index (χ4n) is 1.11. The van der Waals surface area contributed by atoms with E-state index in [2.05, 4.69) is 26.6 Å². The number of halogens is 1. The minimum absolute atomic E-state index is 0.0503. The number of thiophene rings is 1. The molecule has 3 N–H and O–H groups in total. The Labute approximate surface area is 107 Å². The number of urea groups is 1. The van der Waals surface area contributed by atoms with E-state index in [0.29, 0.717) is 6.54 Å². The summed E-state index contributed by atoms with van der Waals surface area (Å²) in [6, 6.07) is 3.58. The van der Waals surface area contributed by atoms with Crippen LogP contribution in [0, 0.1) is 0 Å². The van der Waals surface area contributed by atoms with Crippen LogP contribution in [-0.4, -0.2) is 30.3 Å². The minimum Gasteiger partial charge on any atom is -0.394 e. The summed E-state index contributed by atoms with van der Waals surface area (Å²) in [7, 11) is 0. The summed E-state index contributed by atoms with van der Waals surface area (Å²) in [6.07, 6.45) is 0.817. The van der Waals surface area contributed by atoms with E-state index in [-0.39, 0.29) is 18.7 Å². The summed E-state index contributed by atoms with van der Waals surface area (Å²) in [4.78, 5) is 12.5. The van der Waals surface area contributed by atoms with Gasteiger partial charge >= 0.3 is 6.03 Å². The Bertz CT molecular complexity index is 343. The maximum absolute atomic E-state index is 11.3. The number of rotatable bonds is 5. The van der Waals surface area contributed by atoms with E-state index in [4.69, 9.17) is 5.11 Å². The topological polar surface area (TPSA) is 61.4 Å². The van der Waals surface area contributed by atoms with Crippen molar-refractivity contribution in [1.29, 1.82) is 0 Å². The van der Waals surface area contributed by atoms with E-state index in [1.54, 1.807) is 18.3 Å². The van der Waals surface area contributed by atoms with E-state index < -0.39 is 0 Å². The zero-order chi connectivity index (χ0) is 12.0. The molecule has 1 atom stereocenters. The van der Waals surface area contributed by atoms with Crippen LogP contribution in [0.2, 0.25) is 0 Å². The van der Waals surface area contributed by atoms with Gasteiger partial charge in [-0.1, -0.05) is 0 Å². The highest BCUT2D eigenvalue weighted by Crippen LogP contribution is 2.21. The highest BCUT2D eigenvalue weighted by Gasteiger charge is 2.05.